The van der Waals surface area contributed by atoms with Crippen LogP contribution in [0, 0.1) is 17.0 Å². The van der Waals surface area contributed by atoms with Crippen LogP contribution in [0.25, 0.3) is 0 Å². The number of aryl methyl sites for hydroxylation is 1. The molecule has 9 nitrogen and oxygen atoms in total. The zero-order chi connectivity index (χ0) is 21.2. The number of fused-ring (bicyclic) bond motifs is 1. The summed E-state index contributed by atoms with van der Waals surface area (Å²) in [6, 6.07) is 10.2. The molecule has 1 aliphatic rings. The van der Waals surface area contributed by atoms with Gasteiger partial charge >= 0.3 is 0 Å². The van der Waals surface area contributed by atoms with E-state index in [2.05, 4.69) is 5.32 Å². The molecule has 1 heterocycles. The van der Waals surface area contributed by atoms with E-state index < -0.39 is 27.0 Å². The average molecular weight is 419 g/mol. The minimum Gasteiger partial charge on any atom is -0.476 e. The fourth-order valence-electron chi connectivity index (χ4n) is 3.00. The van der Waals surface area contributed by atoms with E-state index in [1.54, 1.807) is 24.3 Å². The maximum Gasteiger partial charge on any atom is 0.273 e. The van der Waals surface area contributed by atoms with Gasteiger partial charge in [-0.25, -0.2) is 8.42 Å². The molecule has 0 saturated heterocycles. The van der Waals surface area contributed by atoms with Gasteiger partial charge in [0.15, 0.2) is 6.10 Å². The third-order valence-corrected chi connectivity index (χ3v) is 6.32. The summed E-state index contributed by atoms with van der Waals surface area (Å²) in [5.74, 6) is -0.169. The van der Waals surface area contributed by atoms with Gasteiger partial charge in [-0.1, -0.05) is 25.1 Å². The highest BCUT2D eigenvalue weighted by molar-refractivity contribution is 7.92. The topological polar surface area (TPSA) is 119 Å². The van der Waals surface area contributed by atoms with Crippen LogP contribution in [0.1, 0.15) is 18.9 Å². The minimum atomic E-state index is -4.17. The Kier molecular flexibility index (Phi) is 5.73. The highest BCUT2D eigenvalue weighted by atomic mass is 32.2. The molecule has 1 N–H and O–H groups in total. The molecule has 10 heteroatoms. The van der Waals surface area contributed by atoms with Gasteiger partial charge < -0.3 is 10.1 Å². The fourth-order valence-corrected chi connectivity index (χ4v) is 4.50. The molecule has 0 spiro atoms. The van der Waals surface area contributed by atoms with Crippen molar-refractivity contribution in [1.82, 2.24) is 5.32 Å². The third kappa shape index (κ3) is 4.02. The van der Waals surface area contributed by atoms with E-state index in [-0.39, 0.29) is 28.6 Å². The molecule has 2 aromatic carbocycles. The summed E-state index contributed by atoms with van der Waals surface area (Å²) in [5, 5.41) is 13.9. The van der Waals surface area contributed by atoms with Crippen LogP contribution in [0.3, 0.4) is 0 Å². The molecule has 1 atom stereocenters. The quantitative estimate of drug-likeness (QED) is 0.567. The van der Waals surface area contributed by atoms with Crippen LogP contribution < -0.4 is 14.4 Å². The second kappa shape index (κ2) is 8.08. The second-order valence-electron chi connectivity index (χ2n) is 6.61. The van der Waals surface area contributed by atoms with Gasteiger partial charge in [0.1, 0.15) is 5.75 Å². The normalized spacial score (nSPS) is 15.9. The Bertz CT molecular complexity index is 1050. The van der Waals surface area contributed by atoms with E-state index in [4.69, 9.17) is 4.74 Å². The summed E-state index contributed by atoms with van der Waals surface area (Å²) in [4.78, 5) is 22.8. The van der Waals surface area contributed by atoms with Gasteiger partial charge in [0.2, 0.25) is 0 Å². The number of benzene rings is 2. The van der Waals surface area contributed by atoms with Crippen molar-refractivity contribution in [2.24, 2.45) is 0 Å². The molecule has 0 fully saturated rings. The molecule has 2 aromatic rings. The van der Waals surface area contributed by atoms with Crippen LogP contribution in [0.5, 0.6) is 5.75 Å². The summed E-state index contributed by atoms with van der Waals surface area (Å²) in [5.41, 5.74) is 0.341. The number of anilines is 1. The first-order valence-electron chi connectivity index (χ1n) is 9.07. The number of nitrogens with one attached hydrogen (secondary N) is 1. The molecule has 29 heavy (non-hydrogen) atoms. The lowest BCUT2D eigenvalue weighted by Crippen LogP contribution is -2.50. The first-order chi connectivity index (χ1) is 13.8. The number of hydrogen-bond donors (Lipinski definition) is 1. The minimum absolute atomic E-state index is 0.223. The number of hydrogen-bond acceptors (Lipinski definition) is 6. The Labute approximate surface area is 168 Å². The summed E-state index contributed by atoms with van der Waals surface area (Å²) >= 11 is 0. The van der Waals surface area contributed by atoms with Gasteiger partial charge in [0.05, 0.1) is 22.1 Å². The molecule has 3 rings (SSSR count). The number of sulfonamides is 1. The molecule has 0 radical (unpaired) electrons. The third-order valence-electron chi connectivity index (χ3n) is 4.54. The molecular weight excluding hydrogens is 398 g/mol. The van der Waals surface area contributed by atoms with Gasteiger partial charge in [-0.2, -0.15) is 0 Å². The van der Waals surface area contributed by atoms with Crippen molar-refractivity contribution < 1.29 is 22.9 Å². The van der Waals surface area contributed by atoms with E-state index in [0.29, 0.717) is 12.1 Å². The number of ether oxygens (including phenoxy) is 1. The number of amides is 1. The maximum atomic E-state index is 13.3. The molecule has 0 bridgehead atoms. The van der Waals surface area contributed by atoms with Crippen LogP contribution in [-0.4, -0.2) is 38.4 Å². The molecule has 0 aliphatic carbocycles. The van der Waals surface area contributed by atoms with E-state index >= 15 is 0 Å². The van der Waals surface area contributed by atoms with Crippen molar-refractivity contribution in [2.45, 2.75) is 31.3 Å². The van der Waals surface area contributed by atoms with Crippen LogP contribution in [0.4, 0.5) is 11.4 Å². The Morgan fingerprint density at radius 1 is 1.31 bits per heavy atom. The van der Waals surface area contributed by atoms with Gasteiger partial charge in [-0.15, -0.1) is 0 Å². The number of nitro benzene ring substituents is 1. The van der Waals surface area contributed by atoms with E-state index in [0.717, 1.165) is 16.8 Å². The number of carbonyl (C=O) groups is 1. The summed E-state index contributed by atoms with van der Waals surface area (Å²) in [6.07, 6.45) is -0.309. The summed E-state index contributed by atoms with van der Waals surface area (Å²) in [7, 11) is -4.17. The Morgan fingerprint density at radius 2 is 2.03 bits per heavy atom. The average Bonchev–Trinajstić information content (AvgIpc) is 2.71. The van der Waals surface area contributed by atoms with Crippen LogP contribution in [-0.2, 0) is 14.8 Å². The molecule has 1 aliphatic heterocycles. The summed E-state index contributed by atoms with van der Waals surface area (Å²) in [6.45, 7) is 3.64. The van der Waals surface area contributed by atoms with Crippen molar-refractivity contribution >= 4 is 27.3 Å². The standard InChI is InChI=1S/C19H21N3O6S/c1-3-10-20-19(23)18-12-21(15-6-4-5-7-17(15)28-18)29(26,27)14-9-8-13(2)16(11-14)22(24)25/h4-9,11,18H,3,10,12H2,1-2H3,(H,20,23)/t18-/m0/s1. The van der Waals surface area contributed by atoms with Gasteiger partial charge in [-0.3, -0.25) is 19.2 Å². The van der Waals surface area contributed by atoms with E-state index in [1.807, 2.05) is 6.92 Å². The monoisotopic (exact) mass is 419 g/mol. The number of rotatable bonds is 6. The van der Waals surface area contributed by atoms with Gasteiger partial charge in [-0.05, 0) is 31.5 Å². The zero-order valence-corrected chi connectivity index (χ0v) is 16.8. The lowest BCUT2D eigenvalue weighted by atomic mass is 10.2. The van der Waals surface area contributed by atoms with Crippen molar-refractivity contribution in [3.8, 4) is 5.75 Å². The number of carbonyl (C=O) groups excluding carboxylic acids is 1. The molecule has 0 unspecified atom stereocenters. The van der Waals surface area contributed by atoms with Crippen molar-refractivity contribution in [3.63, 3.8) is 0 Å². The molecular formula is C19H21N3O6S. The maximum absolute atomic E-state index is 13.3. The predicted molar refractivity (Wildman–Crippen MR) is 107 cm³/mol. The lowest BCUT2D eigenvalue weighted by Gasteiger charge is -2.34. The first-order valence-corrected chi connectivity index (χ1v) is 10.5. The van der Waals surface area contributed by atoms with Crippen molar-refractivity contribution in [3.05, 3.63) is 58.1 Å². The van der Waals surface area contributed by atoms with Gasteiger partial charge in [0, 0.05) is 18.2 Å². The SMILES string of the molecule is CCCNC(=O)[C@@H]1CN(S(=O)(=O)c2ccc(C)c([N+](=O)[O-])c2)c2ccccc2O1. The number of nitro groups is 1. The summed E-state index contributed by atoms with van der Waals surface area (Å²) < 4.78 is 33.4. The predicted octanol–water partition coefficient (Wildman–Crippen LogP) is 2.39. The van der Waals surface area contributed by atoms with Crippen LogP contribution in [0.15, 0.2) is 47.4 Å². The zero-order valence-electron chi connectivity index (χ0n) is 16.0. The molecule has 1 amide bonds. The highest BCUT2D eigenvalue weighted by Gasteiger charge is 2.37. The molecule has 0 aromatic heterocycles. The van der Waals surface area contributed by atoms with Crippen molar-refractivity contribution in [1.29, 1.82) is 0 Å². The number of para-hydroxylation sites is 2. The van der Waals surface area contributed by atoms with Crippen molar-refractivity contribution in [2.75, 3.05) is 17.4 Å². The Hall–Kier alpha value is -3.14. The second-order valence-corrected chi connectivity index (χ2v) is 8.47. The Morgan fingerprint density at radius 3 is 2.72 bits per heavy atom. The largest absolute Gasteiger partial charge is 0.476 e. The van der Waals surface area contributed by atoms with Crippen LogP contribution in [0.2, 0.25) is 0 Å². The highest BCUT2D eigenvalue weighted by Crippen LogP contribution is 2.37. The van der Waals surface area contributed by atoms with Crippen LogP contribution >= 0.6 is 0 Å². The van der Waals surface area contributed by atoms with Gasteiger partial charge in [0.25, 0.3) is 21.6 Å². The Balaban J connectivity index is 2.04. The van der Waals surface area contributed by atoms with E-state index in [1.165, 1.54) is 19.1 Å². The van der Waals surface area contributed by atoms with E-state index in [9.17, 15) is 23.3 Å². The smallest absolute Gasteiger partial charge is 0.273 e. The first kappa shape index (κ1) is 20.6. The fraction of sp³-hybridized carbons (Fsp3) is 0.316. The molecule has 154 valence electrons. The number of nitrogens with zero attached hydrogens (tertiary/aromatic N) is 2. The molecule has 0 saturated carbocycles. The lowest BCUT2D eigenvalue weighted by molar-refractivity contribution is -0.385.